The number of carbonyl (C=O) groups is 1. The van der Waals surface area contributed by atoms with Gasteiger partial charge in [0, 0.05) is 11.6 Å². The van der Waals surface area contributed by atoms with Crippen LogP contribution in [0, 0.1) is 0 Å². The van der Waals surface area contributed by atoms with Crippen molar-refractivity contribution < 1.29 is 19.0 Å². The fourth-order valence-corrected chi connectivity index (χ4v) is 2.03. The molecule has 0 fully saturated rings. The first-order chi connectivity index (χ1) is 11.6. The summed E-state index contributed by atoms with van der Waals surface area (Å²) in [6.07, 6.45) is 0. The molecule has 24 heavy (non-hydrogen) atoms. The Labute approximate surface area is 141 Å². The molecule has 1 amide bonds. The van der Waals surface area contributed by atoms with Crippen molar-refractivity contribution in [2.75, 3.05) is 21.3 Å². The van der Waals surface area contributed by atoms with Gasteiger partial charge in [0.05, 0.1) is 27.0 Å². The summed E-state index contributed by atoms with van der Waals surface area (Å²) in [6, 6.07) is 12.4. The van der Waals surface area contributed by atoms with E-state index in [1.165, 1.54) is 14.2 Å². The molecule has 0 aliphatic rings. The van der Waals surface area contributed by atoms with E-state index in [2.05, 4.69) is 10.5 Å². The maximum atomic E-state index is 12.3. The average Bonchev–Trinajstić information content (AvgIpc) is 2.65. The van der Waals surface area contributed by atoms with Gasteiger partial charge in [0.1, 0.15) is 17.2 Å². The van der Waals surface area contributed by atoms with Crippen LogP contribution in [0.5, 0.6) is 17.2 Å². The molecular formula is C18H20N2O4. The lowest BCUT2D eigenvalue weighted by Gasteiger charge is -2.08. The Kier molecular flexibility index (Phi) is 5.78. The fourth-order valence-electron chi connectivity index (χ4n) is 2.03. The predicted molar refractivity (Wildman–Crippen MR) is 92.2 cm³/mol. The normalized spacial score (nSPS) is 10.9. The highest BCUT2D eigenvalue weighted by Crippen LogP contribution is 2.22. The van der Waals surface area contributed by atoms with Gasteiger partial charge in [0.25, 0.3) is 5.91 Å². The van der Waals surface area contributed by atoms with Crippen LogP contribution in [0.25, 0.3) is 0 Å². The minimum atomic E-state index is -0.347. The summed E-state index contributed by atoms with van der Waals surface area (Å²) in [4.78, 5) is 12.3. The van der Waals surface area contributed by atoms with Crippen LogP contribution < -0.4 is 19.6 Å². The van der Waals surface area contributed by atoms with Crippen LogP contribution in [0.4, 0.5) is 0 Å². The van der Waals surface area contributed by atoms with Crippen LogP contribution >= 0.6 is 0 Å². The second-order valence-electron chi connectivity index (χ2n) is 4.97. The smallest absolute Gasteiger partial charge is 0.271 e. The molecule has 2 aromatic rings. The van der Waals surface area contributed by atoms with Crippen LogP contribution in [0.15, 0.2) is 47.6 Å². The first-order valence-electron chi connectivity index (χ1n) is 7.29. The van der Waals surface area contributed by atoms with Crippen molar-refractivity contribution in [3.05, 3.63) is 53.6 Å². The van der Waals surface area contributed by atoms with Crippen molar-refractivity contribution in [1.29, 1.82) is 0 Å². The number of rotatable bonds is 6. The van der Waals surface area contributed by atoms with Crippen LogP contribution in [-0.2, 0) is 0 Å². The van der Waals surface area contributed by atoms with E-state index < -0.39 is 0 Å². The van der Waals surface area contributed by atoms with Gasteiger partial charge in [-0.2, -0.15) is 5.10 Å². The van der Waals surface area contributed by atoms with Crippen molar-refractivity contribution in [2.45, 2.75) is 6.92 Å². The molecule has 126 valence electrons. The van der Waals surface area contributed by atoms with Crippen molar-refractivity contribution >= 4 is 11.6 Å². The molecule has 0 aliphatic heterocycles. The fraction of sp³-hybridized carbons (Fsp3) is 0.222. The Hall–Kier alpha value is -3.02. The van der Waals surface area contributed by atoms with Gasteiger partial charge in [0.2, 0.25) is 0 Å². The SMILES string of the molecule is COc1ccc(/C(C)=N/NC(=O)c2cc(OC)cc(OC)c2)cc1. The van der Waals surface area contributed by atoms with Gasteiger partial charge in [-0.05, 0) is 48.9 Å². The third-order valence-electron chi connectivity index (χ3n) is 3.45. The van der Waals surface area contributed by atoms with Gasteiger partial charge >= 0.3 is 0 Å². The zero-order valence-electron chi connectivity index (χ0n) is 14.1. The van der Waals surface area contributed by atoms with Gasteiger partial charge in [-0.1, -0.05) is 0 Å². The maximum Gasteiger partial charge on any atom is 0.271 e. The second kappa shape index (κ2) is 8.01. The second-order valence-corrected chi connectivity index (χ2v) is 4.97. The van der Waals surface area contributed by atoms with Crippen LogP contribution in [0.1, 0.15) is 22.8 Å². The first kappa shape index (κ1) is 17.3. The Balaban J connectivity index is 2.13. The summed E-state index contributed by atoms with van der Waals surface area (Å²) in [5.74, 6) is 1.49. The number of hydrazone groups is 1. The lowest BCUT2D eigenvalue weighted by atomic mass is 10.1. The molecule has 2 aromatic carbocycles. The molecule has 0 unspecified atom stereocenters. The number of amides is 1. The highest BCUT2D eigenvalue weighted by molar-refractivity contribution is 6.01. The van der Waals surface area contributed by atoms with Gasteiger partial charge in [-0.15, -0.1) is 0 Å². The van der Waals surface area contributed by atoms with Gasteiger partial charge < -0.3 is 14.2 Å². The largest absolute Gasteiger partial charge is 0.497 e. The number of methoxy groups -OCH3 is 3. The van der Waals surface area contributed by atoms with Crippen LogP contribution in [0.3, 0.4) is 0 Å². The Morgan fingerprint density at radius 1 is 0.833 bits per heavy atom. The summed E-state index contributed by atoms with van der Waals surface area (Å²) in [5.41, 5.74) is 4.51. The maximum absolute atomic E-state index is 12.3. The molecule has 0 spiro atoms. The summed E-state index contributed by atoms with van der Waals surface area (Å²) in [5, 5.41) is 4.13. The topological polar surface area (TPSA) is 69.2 Å². The Bertz CT molecular complexity index is 717. The molecule has 0 aliphatic carbocycles. The molecule has 0 radical (unpaired) electrons. The minimum Gasteiger partial charge on any atom is -0.497 e. The zero-order valence-corrected chi connectivity index (χ0v) is 14.1. The summed E-state index contributed by atoms with van der Waals surface area (Å²) >= 11 is 0. The quantitative estimate of drug-likeness (QED) is 0.654. The highest BCUT2D eigenvalue weighted by Gasteiger charge is 2.09. The molecule has 0 saturated carbocycles. The predicted octanol–water partition coefficient (Wildman–Crippen LogP) is 2.87. The molecule has 1 N–H and O–H groups in total. The van der Waals surface area contributed by atoms with E-state index in [9.17, 15) is 4.79 Å². The van der Waals surface area contributed by atoms with Crippen molar-refractivity contribution in [1.82, 2.24) is 5.43 Å². The van der Waals surface area contributed by atoms with Crippen LogP contribution in [-0.4, -0.2) is 32.9 Å². The molecule has 2 rings (SSSR count). The molecular weight excluding hydrogens is 308 g/mol. The van der Waals surface area contributed by atoms with Gasteiger partial charge in [0.15, 0.2) is 0 Å². The first-order valence-corrected chi connectivity index (χ1v) is 7.29. The number of benzene rings is 2. The highest BCUT2D eigenvalue weighted by atomic mass is 16.5. The van der Waals surface area contributed by atoms with Crippen molar-refractivity contribution in [3.63, 3.8) is 0 Å². The third kappa shape index (κ3) is 4.25. The molecule has 0 atom stereocenters. The standard InChI is InChI=1S/C18H20N2O4/c1-12(13-5-7-15(22-2)8-6-13)19-20-18(21)14-9-16(23-3)11-17(10-14)24-4/h5-11H,1-4H3,(H,20,21)/b19-12+. The van der Waals surface area contributed by atoms with Gasteiger partial charge in [-0.3, -0.25) is 4.79 Å². The molecule has 0 aromatic heterocycles. The van der Waals surface area contributed by atoms with Crippen molar-refractivity contribution in [3.8, 4) is 17.2 Å². The average molecular weight is 328 g/mol. The monoisotopic (exact) mass is 328 g/mol. The number of hydrogen-bond donors (Lipinski definition) is 1. The summed E-state index contributed by atoms with van der Waals surface area (Å²) in [6.45, 7) is 1.81. The van der Waals surface area contributed by atoms with E-state index in [4.69, 9.17) is 14.2 Å². The molecule has 0 bridgehead atoms. The Morgan fingerprint density at radius 2 is 1.38 bits per heavy atom. The van der Waals surface area contributed by atoms with E-state index >= 15 is 0 Å². The van der Waals surface area contributed by atoms with Crippen molar-refractivity contribution in [2.24, 2.45) is 5.10 Å². The Morgan fingerprint density at radius 3 is 1.88 bits per heavy atom. The molecule has 6 nitrogen and oxygen atoms in total. The molecule has 0 saturated heterocycles. The number of carbonyl (C=O) groups excluding carboxylic acids is 1. The van der Waals surface area contributed by atoms with Gasteiger partial charge in [-0.25, -0.2) is 5.43 Å². The van der Waals surface area contributed by atoms with E-state index in [-0.39, 0.29) is 5.91 Å². The summed E-state index contributed by atoms with van der Waals surface area (Å²) < 4.78 is 15.4. The van der Waals surface area contributed by atoms with E-state index in [0.717, 1.165) is 11.3 Å². The number of ether oxygens (including phenoxy) is 3. The lowest BCUT2D eigenvalue weighted by molar-refractivity contribution is 0.0954. The lowest BCUT2D eigenvalue weighted by Crippen LogP contribution is -2.19. The summed E-state index contributed by atoms with van der Waals surface area (Å²) in [7, 11) is 4.67. The number of nitrogens with one attached hydrogen (secondary N) is 1. The van der Waals surface area contributed by atoms with Crippen LogP contribution in [0.2, 0.25) is 0 Å². The zero-order chi connectivity index (χ0) is 17.5. The minimum absolute atomic E-state index is 0.347. The molecule has 0 heterocycles. The van der Waals surface area contributed by atoms with E-state index in [1.807, 2.05) is 31.2 Å². The third-order valence-corrected chi connectivity index (χ3v) is 3.45. The van der Waals surface area contributed by atoms with E-state index in [0.29, 0.717) is 22.8 Å². The van der Waals surface area contributed by atoms with E-state index in [1.54, 1.807) is 25.3 Å². The number of hydrogen-bond acceptors (Lipinski definition) is 5. The molecule has 6 heteroatoms. The number of nitrogens with zero attached hydrogens (tertiary/aromatic N) is 1.